The predicted molar refractivity (Wildman–Crippen MR) is 72.4 cm³/mol. The number of nitrogens with two attached hydrogens (primary N) is 2. The van der Waals surface area contributed by atoms with Crippen LogP contribution in [0.25, 0.3) is 0 Å². The van der Waals surface area contributed by atoms with E-state index in [0.29, 0.717) is 23.3 Å². The standard InChI is InChI=1S/C13H20N4O/c1-8-3-4-9(2)17(7-8)11-6-16-12(14)5-10(11)13(15)18/h5-6,8-9H,3-4,7H2,1-2H3,(H2,14,16)(H2,15,18). The first kappa shape index (κ1) is 12.7. The lowest BCUT2D eigenvalue weighted by Gasteiger charge is -2.39. The lowest BCUT2D eigenvalue weighted by Crippen LogP contribution is -2.42. The van der Waals surface area contributed by atoms with Crippen LogP contribution in [0.1, 0.15) is 37.0 Å². The molecule has 1 amide bonds. The topological polar surface area (TPSA) is 85.2 Å². The van der Waals surface area contributed by atoms with Crippen molar-refractivity contribution in [3.05, 3.63) is 17.8 Å². The quantitative estimate of drug-likeness (QED) is 0.828. The normalized spacial score (nSPS) is 24.0. The van der Waals surface area contributed by atoms with Gasteiger partial charge in [-0.3, -0.25) is 4.79 Å². The summed E-state index contributed by atoms with van der Waals surface area (Å²) in [6, 6.07) is 1.95. The zero-order chi connectivity index (χ0) is 13.3. The molecule has 0 spiro atoms. The van der Waals surface area contributed by atoms with Crippen molar-refractivity contribution in [3.8, 4) is 0 Å². The zero-order valence-electron chi connectivity index (χ0n) is 10.9. The van der Waals surface area contributed by atoms with Gasteiger partial charge in [0, 0.05) is 12.6 Å². The molecule has 1 aromatic rings. The SMILES string of the molecule is CC1CCC(C)N(c2cnc(N)cc2C(N)=O)C1. The highest BCUT2D eigenvalue weighted by atomic mass is 16.1. The highest BCUT2D eigenvalue weighted by Crippen LogP contribution is 2.30. The predicted octanol–water partition coefficient (Wildman–Crippen LogP) is 1.39. The van der Waals surface area contributed by atoms with E-state index < -0.39 is 5.91 Å². The molecule has 1 aliphatic heterocycles. The van der Waals surface area contributed by atoms with Crippen molar-refractivity contribution in [3.63, 3.8) is 0 Å². The fourth-order valence-corrected chi connectivity index (χ4v) is 2.51. The third kappa shape index (κ3) is 2.39. The summed E-state index contributed by atoms with van der Waals surface area (Å²) in [4.78, 5) is 17.8. The second-order valence-corrected chi connectivity index (χ2v) is 5.17. The molecule has 1 saturated heterocycles. The average Bonchev–Trinajstić information content (AvgIpc) is 2.32. The molecule has 0 bridgehead atoms. The van der Waals surface area contributed by atoms with Gasteiger partial charge in [0.2, 0.25) is 0 Å². The number of hydrogen-bond acceptors (Lipinski definition) is 4. The van der Waals surface area contributed by atoms with Crippen LogP contribution >= 0.6 is 0 Å². The monoisotopic (exact) mass is 248 g/mol. The zero-order valence-corrected chi connectivity index (χ0v) is 10.9. The van der Waals surface area contributed by atoms with Gasteiger partial charge in [0.15, 0.2) is 0 Å². The number of nitrogen functional groups attached to an aromatic ring is 1. The molecular formula is C13H20N4O. The molecule has 5 heteroatoms. The van der Waals surface area contributed by atoms with Crippen molar-refractivity contribution in [1.29, 1.82) is 0 Å². The van der Waals surface area contributed by atoms with Crippen molar-refractivity contribution < 1.29 is 4.79 Å². The van der Waals surface area contributed by atoms with E-state index in [1.165, 1.54) is 6.42 Å². The number of anilines is 2. The molecule has 1 fully saturated rings. The Labute approximate surface area is 107 Å². The molecule has 0 aliphatic carbocycles. The van der Waals surface area contributed by atoms with Crippen LogP contribution in [0.15, 0.2) is 12.3 Å². The van der Waals surface area contributed by atoms with E-state index in [9.17, 15) is 4.79 Å². The number of carbonyl (C=O) groups is 1. The van der Waals surface area contributed by atoms with E-state index >= 15 is 0 Å². The summed E-state index contributed by atoms with van der Waals surface area (Å²) in [5, 5.41) is 0. The third-order valence-corrected chi connectivity index (χ3v) is 3.60. The number of rotatable bonds is 2. The molecule has 0 saturated carbocycles. The van der Waals surface area contributed by atoms with E-state index in [2.05, 4.69) is 23.7 Å². The number of amides is 1. The summed E-state index contributed by atoms with van der Waals surface area (Å²) < 4.78 is 0. The van der Waals surface area contributed by atoms with Crippen LogP contribution in [0.3, 0.4) is 0 Å². The molecule has 18 heavy (non-hydrogen) atoms. The first-order valence-electron chi connectivity index (χ1n) is 6.31. The maximum atomic E-state index is 11.5. The molecule has 2 unspecified atom stereocenters. The Morgan fingerprint density at radius 1 is 1.44 bits per heavy atom. The highest BCUT2D eigenvalue weighted by molar-refractivity contribution is 5.99. The average molecular weight is 248 g/mol. The molecule has 4 N–H and O–H groups in total. The van der Waals surface area contributed by atoms with Gasteiger partial charge >= 0.3 is 0 Å². The van der Waals surface area contributed by atoms with Gasteiger partial charge in [-0.2, -0.15) is 0 Å². The highest BCUT2D eigenvalue weighted by Gasteiger charge is 2.26. The fourth-order valence-electron chi connectivity index (χ4n) is 2.51. The van der Waals surface area contributed by atoms with Gasteiger partial charge in [0.05, 0.1) is 17.4 Å². The summed E-state index contributed by atoms with van der Waals surface area (Å²) in [6.07, 6.45) is 3.99. The molecule has 2 atom stereocenters. The summed E-state index contributed by atoms with van der Waals surface area (Å²) in [5.74, 6) is 0.481. The van der Waals surface area contributed by atoms with Crippen molar-refractivity contribution >= 4 is 17.4 Å². The minimum atomic E-state index is -0.454. The summed E-state index contributed by atoms with van der Waals surface area (Å²) in [5.41, 5.74) is 12.3. The van der Waals surface area contributed by atoms with Gasteiger partial charge in [0.25, 0.3) is 5.91 Å². The fraction of sp³-hybridized carbons (Fsp3) is 0.538. The molecule has 1 aromatic heterocycles. The molecule has 5 nitrogen and oxygen atoms in total. The number of pyridine rings is 1. The van der Waals surface area contributed by atoms with E-state index in [4.69, 9.17) is 11.5 Å². The van der Waals surface area contributed by atoms with Gasteiger partial charge < -0.3 is 16.4 Å². The third-order valence-electron chi connectivity index (χ3n) is 3.60. The molecule has 1 aliphatic rings. The lowest BCUT2D eigenvalue weighted by molar-refractivity contribution is 0.100. The molecular weight excluding hydrogens is 228 g/mol. The Morgan fingerprint density at radius 2 is 2.17 bits per heavy atom. The lowest BCUT2D eigenvalue weighted by atomic mass is 9.94. The second kappa shape index (κ2) is 4.84. The van der Waals surface area contributed by atoms with Crippen LogP contribution in [-0.4, -0.2) is 23.5 Å². The van der Waals surface area contributed by atoms with E-state index in [1.54, 1.807) is 12.3 Å². The molecule has 98 valence electrons. The van der Waals surface area contributed by atoms with Crippen LogP contribution in [0.2, 0.25) is 0 Å². The van der Waals surface area contributed by atoms with Gasteiger partial charge in [-0.15, -0.1) is 0 Å². The maximum absolute atomic E-state index is 11.5. The van der Waals surface area contributed by atoms with Crippen LogP contribution in [0.4, 0.5) is 11.5 Å². The van der Waals surface area contributed by atoms with Gasteiger partial charge in [-0.1, -0.05) is 6.92 Å². The minimum Gasteiger partial charge on any atom is -0.384 e. The minimum absolute atomic E-state index is 0.324. The van der Waals surface area contributed by atoms with Crippen LogP contribution in [0.5, 0.6) is 0 Å². The van der Waals surface area contributed by atoms with Crippen molar-refractivity contribution in [1.82, 2.24) is 4.98 Å². The first-order chi connectivity index (χ1) is 8.49. The second-order valence-electron chi connectivity index (χ2n) is 5.17. The number of aromatic nitrogens is 1. The van der Waals surface area contributed by atoms with Crippen molar-refractivity contribution in [2.45, 2.75) is 32.7 Å². The van der Waals surface area contributed by atoms with Gasteiger partial charge in [0.1, 0.15) is 5.82 Å². The number of carbonyl (C=O) groups excluding carboxylic acids is 1. The van der Waals surface area contributed by atoms with Gasteiger partial charge in [-0.25, -0.2) is 4.98 Å². The van der Waals surface area contributed by atoms with Crippen molar-refractivity contribution in [2.24, 2.45) is 11.7 Å². The maximum Gasteiger partial charge on any atom is 0.251 e. The molecule has 2 rings (SSSR count). The number of piperidine rings is 1. The molecule has 0 radical (unpaired) electrons. The number of primary amides is 1. The number of nitrogens with zero attached hydrogens (tertiary/aromatic N) is 2. The molecule has 0 aromatic carbocycles. The first-order valence-corrected chi connectivity index (χ1v) is 6.31. The van der Waals surface area contributed by atoms with E-state index in [-0.39, 0.29) is 0 Å². The van der Waals surface area contributed by atoms with Crippen LogP contribution < -0.4 is 16.4 Å². The van der Waals surface area contributed by atoms with E-state index in [0.717, 1.165) is 18.7 Å². The Hall–Kier alpha value is -1.78. The van der Waals surface area contributed by atoms with Crippen LogP contribution in [0, 0.1) is 5.92 Å². The van der Waals surface area contributed by atoms with Gasteiger partial charge in [-0.05, 0) is 31.7 Å². The smallest absolute Gasteiger partial charge is 0.251 e. The van der Waals surface area contributed by atoms with Crippen LogP contribution in [-0.2, 0) is 0 Å². The van der Waals surface area contributed by atoms with Crippen molar-refractivity contribution in [2.75, 3.05) is 17.2 Å². The van der Waals surface area contributed by atoms with E-state index in [1.807, 2.05) is 0 Å². The summed E-state index contributed by atoms with van der Waals surface area (Å²) in [6.45, 7) is 5.30. The Bertz CT molecular complexity index is 460. The Morgan fingerprint density at radius 3 is 2.83 bits per heavy atom. The largest absolute Gasteiger partial charge is 0.384 e. The Balaban J connectivity index is 2.40. The number of hydrogen-bond donors (Lipinski definition) is 2. The summed E-state index contributed by atoms with van der Waals surface area (Å²) >= 11 is 0. The Kier molecular flexibility index (Phi) is 3.41. The molecule has 2 heterocycles. The summed E-state index contributed by atoms with van der Waals surface area (Å²) in [7, 11) is 0.